The Labute approximate surface area is 131 Å². The number of benzene rings is 1. The maximum absolute atomic E-state index is 11.9. The van der Waals surface area contributed by atoms with Crippen molar-refractivity contribution in [2.75, 3.05) is 6.54 Å². The van der Waals surface area contributed by atoms with Crippen LogP contribution in [0, 0.1) is 5.92 Å². The highest BCUT2D eigenvalue weighted by molar-refractivity contribution is 6.12. The molecule has 1 aromatic carbocycles. The Hall–Kier alpha value is -2.94. The van der Waals surface area contributed by atoms with E-state index in [0.29, 0.717) is 0 Å². The molecule has 5 N–H and O–H groups in total. The second-order valence-electron chi connectivity index (χ2n) is 4.89. The van der Waals surface area contributed by atoms with Gasteiger partial charge in [0.15, 0.2) is 0 Å². The SMILES string of the molecule is NC(=O)CNC(=O)C1NC(=O)C1C(=O)NOCc1ccccc1. The van der Waals surface area contributed by atoms with E-state index in [1.54, 1.807) is 0 Å². The summed E-state index contributed by atoms with van der Waals surface area (Å²) in [6.45, 7) is -0.247. The smallest absolute Gasteiger partial charge is 0.258 e. The minimum atomic E-state index is -1.21. The standard InChI is InChI=1S/C14H16N4O5/c15-9(19)6-16-14(22)11-10(12(20)17-11)13(21)18-23-7-8-4-2-1-3-5-8/h1-5,10-11H,6-7H2,(H2,15,19)(H,16,22)(H,17,20)(H,18,21). The molecule has 0 aromatic heterocycles. The third-order valence-corrected chi connectivity index (χ3v) is 3.17. The van der Waals surface area contributed by atoms with Crippen molar-refractivity contribution in [2.45, 2.75) is 12.6 Å². The van der Waals surface area contributed by atoms with Crippen LogP contribution in [0.1, 0.15) is 5.56 Å². The van der Waals surface area contributed by atoms with E-state index in [4.69, 9.17) is 10.6 Å². The first kappa shape index (κ1) is 16.4. The first-order chi connectivity index (χ1) is 11.0. The van der Waals surface area contributed by atoms with Crippen LogP contribution in [0.5, 0.6) is 0 Å². The molecule has 1 fully saturated rings. The molecule has 4 amide bonds. The lowest BCUT2D eigenvalue weighted by Gasteiger charge is -2.33. The van der Waals surface area contributed by atoms with Gasteiger partial charge in [-0.25, -0.2) is 5.48 Å². The molecule has 2 atom stereocenters. The molecule has 0 radical (unpaired) electrons. The number of carbonyl (C=O) groups excluding carboxylic acids is 4. The Morgan fingerprint density at radius 3 is 2.48 bits per heavy atom. The molecule has 23 heavy (non-hydrogen) atoms. The van der Waals surface area contributed by atoms with Gasteiger partial charge >= 0.3 is 0 Å². The molecule has 0 aliphatic carbocycles. The number of nitrogens with two attached hydrogens (primary N) is 1. The first-order valence-corrected chi connectivity index (χ1v) is 6.81. The molecular formula is C14H16N4O5. The van der Waals surface area contributed by atoms with E-state index in [0.717, 1.165) is 5.56 Å². The van der Waals surface area contributed by atoms with Crippen molar-refractivity contribution in [3.8, 4) is 0 Å². The number of hydroxylamine groups is 1. The van der Waals surface area contributed by atoms with Crippen LogP contribution in [0.3, 0.4) is 0 Å². The third-order valence-electron chi connectivity index (χ3n) is 3.17. The summed E-state index contributed by atoms with van der Waals surface area (Å²) < 4.78 is 0. The van der Waals surface area contributed by atoms with Gasteiger partial charge in [-0.15, -0.1) is 0 Å². The monoisotopic (exact) mass is 320 g/mol. The van der Waals surface area contributed by atoms with Crippen LogP contribution >= 0.6 is 0 Å². The van der Waals surface area contributed by atoms with Crippen molar-refractivity contribution in [1.82, 2.24) is 16.1 Å². The summed E-state index contributed by atoms with van der Waals surface area (Å²) in [7, 11) is 0. The van der Waals surface area contributed by atoms with Crippen LogP contribution in [0.15, 0.2) is 30.3 Å². The molecule has 2 rings (SSSR count). The lowest BCUT2D eigenvalue weighted by atomic mass is 9.89. The highest BCUT2D eigenvalue weighted by Crippen LogP contribution is 2.15. The number of rotatable bonds is 7. The third kappa shape index (κ3) is 4.27. The van der Waals surface area contributed by atoms with Crippen LogP contribution in [0.25, 0.3) is 0 Å². The number of carbonyl (C=O) groups is 4. The van der Waals surface area contributed by atoms with Crippen LogP contribution < -0.4 is 21.8 Å². The van der Waals surface area contributed by atoms with Crippen LogP contribution in [0.4, 0.5) is 0 Å². The van der Waals surface area contributed by atoms with Crippen LogP contribution in [0.2, 0.25) is 0 Å². The van der Waals surface area contributed by atoms with Gasteiger partial charge in [-0.05, 0) is 5.56 Å². The van der Waals surface area contributed by atoms with Crippen molar-refractivity contribution < 1.29 is 24.0 Å². The topological polar surface area (TPSA) is 140 Å². The zero-order valence-electron chi connectivity index (χ0n) is 12.1. The average Bonchev–Trinajstić information content (AvgIpc) is 2.51. The van der Waals surface area contributed by atoms with Gasteiger partial charge in [0.1, 0.15) is 12.0 Å². The molecule has 2 unspecified atom stereocenters. The Kier molecular flexibility index (Phi) is 5.26. The molecule has 0 spiro atoms. The van der Waals surface area contributed by atoms with Gasteiger partial charge in [0.05, 0.1) is 13.2 Å². The Morgan fingerprint density at radius 1 is 1.17 bits per heavy atom. The van der Waals surface area contributed by atoms with E-state index in [9.17, 15) is 19.2 Å². The second-order valence-corrected chi connectivity index (χ2v) is 4.89. The normalized spacial score (nSPS) is 19.2. The van der Waals surface area contributed by atoms with E-state index in [-0.39, 0.29) is 13.2 Å². The van der Waals surface area contributed by atoms with Crippen molar-refractivity contribution in [2.24, 2.45) is 11.7 Å². The molecule has 1 aliphatic heterocycles. The molecule has 9 heteroatoms. The number of nitrogens with one attached hydrogen (secondary N) is 3. The van der Waals surface area contributed by atoms with Crippen LogP contribution in [-0.4, -0.2) is 36.2 Å². The van der Waals surface area contributed by atoms with Gasteiger partial charge in [-0.3, -0.25) is 24.0 Å². The average molecular weight is 320 g/mol. The minimum absolute atomic E-state index is 0.124. The van der Waals surface area contributed by atoms with Crippen molar-refractivity contribution in [1.29, 1.82) is 0 Å². The van der Waals surface area contributed by atoms with E-state index in [1.807, 2.05) is 30.3 Å². The first-order valence-electron chi connectivity index (χ1n) is 6.81. The maximum atomic E-state index is 11.9. The lowest BCUT2D eigenvalue weighted by Crippen LogP contribution is -2.68. The predicted octanol–water partition coefficient (Wildman–Crippen LogP) is -2.05. The fourth-order valence-corrected chi connectivity index (χ4v) is 1.98. The van der Waals surface area contributed by atoms with Gasteiger partial charge in [0.25, 0.3) is 5.91 Å². The maximum Gasteiger partial charge on any atom is 0.258 e. The van der Waals surface area contributed by atoms with Crippen molar-refractivity contribution in [3.05, 3.63) is 35.9 Å². The summed E-state index contributed by atoms with van der Waals surface area (Å²) in [6.07, 6.45) is 0. The van der Waals surface area contributed by atoms with E-state index in [2.05, 4.69) is 16.1 Å². The van der Waals surface area contributed by atoms with Gasteiger partial charge < -0.3 is 16.4 Å². The highest BCUT2D eigenvalue weighted by atomic mass is 16.6. The van der Waals surface area contributed by atoms with Crippen molar-refractivity contribution >= 4 is 23.6 Å². The lowest BCUT2D eigenvalue weighted by molar-refractivity contribution is -0.156. The Morgan fingerprint density at radius 2 is 1.87 bits per heavy atom. The highest BCUT2D eigenvalue weighted by Gasteiger charge is 2.49. The molecule has 1 heterocycles. The minimum Gasteiger partial charge on any atom is -0.368 e. The molecule has 9 nitrogen and oxygen atoms in total. The summed E-state index contributed by atoms with van der Waals surface area (Å²) in [5, 5.41) is 4.51. The van der Waals surface area contributed by atoms with Gasteiger partial charge in [-0.1, -0.05) is 30.3 Å². The fraction of sp³-hybridized carbons (Fsp3) is 0.286. The summed E-state index contributed by atoms with van der Waals surface area (Å²) >= 11 is 0. The molecule has 0 saturated carbocycles. The predicted molar refractivity (Wildman–Crippen MR) is 77.0 cm³/mol. The summed E-state index contributed by atoms with van der Waals surface area (Å²) in [5.74, 6) is -3.92. The van der Waals surface area contributed by atoms with Crippen LogP contribution in [-0.2, 0) is 30.6 Å². The summed E-state index contributed by atoms with van der Waals surface area (Å²) in [5.41, 5.74) is 7.88. The second kappa shape index (κ2) is 7.36. The molecule has 1 aromatic rings. The van der Waals surface area contributed by atoms with Crippen molar-refractivity contribution in [3.63, 3.8) is 0 Å². The van der Waals surface area contributed by atoms with E-state index < -0.39 is 35.6 Å². The van der Waals surface area contributed by atoms with Gasteiger partial charge in [0, 0.05) is 0 Å². The summed E-state index contributed by atoms with van der Waals surface area (Å²) in [4.78, 5) is 50.7. The Bertz CT molecular complexity index is 619. The summed E-state index contributed by atoms with van der Waals surface area (Å²) in [6, 6.07) is 8.04. The molecular weight excluding hydrogens is 304 g/mol. The van der Waals surface area contributed by atoms with Gasteiger partial charge in [-0.2, -0.15) is 0 Å². The molecule has 122 valence electrons. The Balaban J connectivity index is 1.81. The number of hydrogen-bond donors (Lipinski definition) is 4. The number of primary amides is 1. The van der Waals surface area contributed by atoms with E-state index >= 15 is 0 Å². The molecule has 0 bridgehead atoms. The molecule has 1 saturated heterocycles. The zero-order chi connectivity index (χ0) is 16.8. The quantitative estimate of drug-likeness (QED) is 0.260. The fourth-order valence-electron chi connectivity index (χ4n) is 1.98. The molecule has 1 aliphatic rings. The van der Waals surface area contributed by atoms with Gasteiger partial charge in [0.2, 0.25) is 17.7 Å². The number of amides is 4. The largest absolute Gasteiger partial charge is 0.368 e. The number of β-lactam (4-membered cyclic amide) rings is 1. The van der Waals surface area contributed by atoms with E-state index in [1.165, 1.54) is 0 Å². The number of hydrogen-bond acceptors (Lipinski definition) is 5. The zero-order valence-corrected chi connectivity index (χ0v) is 12.1.